The first-order valence-corrected chi connectivity index (χ1v) is 7.93. The standard InChI is InChI=1S/C12H14ClFN4O2S/c13-12-9(7-15)5-10(6-11(12)14)21(19,20)17-2-4-18-3-1-16-8-18/h1,3,5-6,8,17H,2,4,7,15H2. The second-order valence-electron chi connectivity index (χ2n) is 4.28. The van der Waals surface area contributed by atoms with Gasteiger partial charge in [-0.2, -0.15) is 0 Å². The fourth-order valence-corrected chi connectivity index (χ4v) is 3.00. The summed E-state index contributed by atoms with van der Waals surface area (Å²) in [5.74, 6) is -0.811. The first-order chi connectivity index (χ1) is 9.94. The van der Waals surface area contributed by atoms with E-state index in [4.69, 9.17) is 17.3 Å². The van der Waals surface area contributed by atoms with E-state index in [2.05, 4.69) is 9.71 Å². The van der Waals surface area contributed by atoms with Crippen molar-refractivity contribution >= 4 is 21.6 Å². The molecule has 1 aromatic heterocycles. The Hall–Kier alpha value is -1.48. The molecule has 0 unspecified atom stereocenters. The molecule has 0 aliphatic rings. The number of hydrogen-bond donors (Lipinski definition) is 2. The first-order valence-electron chi connectivity index (χ1n) is 6.07. The zero-order valence-corrected chi connectivity index (χ0v) is 12.5. The molecule has 3 N–H and O–H groups in total. The van der Waals surface area contributed by atoms with E-state index < -0.39 is 15.8 Å². The highest BCUT2D eigenvalue weighted by Crippen LogP contribution is 2.24. The summed E-state index contributed by atoms with van der Waals surface area (Å²) >= 11 is 5.71. The van der Waals surface area contributed by atoms with Crippen LogP contribution in [0.2, 0.25) is 5.02 Å². The molecule has 0 amide bonds. The largest absolute Gasteiger partial charge is 0.336 e. The Morgan fingerprint density at radius 2 is 2.19 bits per heavy atom. The van der Waals surface area contributed by atoms with Gasteiger partial charge in [-0.15, -0.1) is 0 Å². The quantitative estimate of drug-likeness (QED) is 0.829. The summed E-state index contributed by atoms with van der Waals surface area (Å²) in [5, 5.41) is -0.158. The number of sulfonamides is 1. The normalized spacial score (nSPS) is 11.8. The highest BCUT2D eigenvalue weighted by atomic mass is 35.5. The van der Waals surface area contributed by atoms with Crippen molar-refractivity contribution in [1.82, 2.24) is 14.3 Å². The van der Waals surface area contributed by atoms with Crippen molar-refractivity contribution in [3.8, 4) is 0 Å². The molecular weight excluding hydrogens is 319 g/mol. The minimum atomic E-state index is -3.82. The second kappa shape index (κ2) is 6.52. The van der Waals surface area contributed by atoms with E-state index >= 15 is 0 Å². The first kappa shape index (κ1) is 15.9. The fourth-order valence-electron chi connectivity index (χ4n) is 1.73. The summed E-state index contributed by atoms with van der Waals surface area (Å²) < 4.78 is 41.9. The van der Waals surface area contributed by atoms with Gasteiger partial charge >= 0.3 is 0 Å². The number of benzene rings is 1. The highest BCUT2D eigenvalue weighted by molar-refractivity contribution is 7.89. The Labute approximate surface area is 126 Å². The van der Waals surface area contributed by atoms with Crippen LogP contribution in [-0.2, 0) is 23.1 Å². The number of nitrogens with one attached hydrogen (secondary N) is 1. The lowest BCUT2D eigenvalue weighted by Gasteiger charge is -2.10. The van der Waals surface area contributed by atoms with Crippen LogP contribution in [0.4, 0.5) is 4.39 Å². The maximum absolute atomic E-state index is 13.6. The number of aromatic nitrogens is 2. The van der Waals surface area contributed by atoms with Gasteiger partial charge in [0.2, 0.25) is 10.0 Å². The van der Waals surface area contributed by atoms with Gasteiger partial charge in [-0.1, -0.05) is 11.6 Å². The van der Waals surface area contributed by atoms with Gasteiger partial charge in [-0.25, -0.2) is 22.5 Å². The summed E-state index contributed by atoms with van der Waals surface area (Å²) in [4.78, 5) is 3.65. The summed E-state index contributed by atoms with van der Waals surface area (Å²) in [6.07, 6.45) is 4.88. The molecule has 9 heteroatoms. The van der Waals surface area contributed by atoms with Crippen molar-refractivity contribution in [2.75, 3.05) is 6.54 Å². The molecule has 0 saturated heterocycles. The summed E-state index contributed by atoms with van der Waals surface area (Å²) in [7, 11) is -3.82. The number of halogens is 2. The smallest absolute Gasteiger partial charge is 0.240 e. The van der Waals surface area contributed by atoms with Gasteiger partial charge in [0.1, 0.15) is 5.82 Å². The minimum absolute atomic E-state index is 0.0475. The van der Waals surface area contributed by atoms with Crippen molar-refractivity contribution in [1.29, 1.82) is 0 Å². The van der Waals surface area contributed by atoms with E-state index in [0.29, 0.717) is 6.54 Å². The summed E-state index contributed by atoms with van der Waals surface area (Å²) in [5.41, 5.74) is 5.66. The molecule has 2 aromatic rings. The van der Waals surface area contributed by atoms with E-state index in [0.717, 1.165) is 6.07 Å². The lowest BCUT2D eigenvalue weighted by atomic mass is 10.2. The molecule has 0 atom stereocenters. The molecular formula is C12H14ClFN4O2S. The van der Waals surface area contributed by atoms with Crippen LogP contribution in [0, 0.1) is 5.82 Å². The van der Waals surface area contributed by atoms with Crippen LogP contribution in [0.25, 0.3) is 0 Å². The Bertz CT molecular complexity index is 719. The van der Waals surface area contributed by atoms with Gasteiger partial charge in [0, 0.05) is 32.0 Å². The van der Waals surface area contributed by atoms with Crippen molar-refractivity contribution in [2.45, 2.75) is 18.0 Å². The Morgan fingerprint density at radius 1 is 1.43 bits per heavy atom. The highest BCUT2D eigenvalue weighted by Gasteiger charge is 2.18. The van der Waals surface area contributed by atoms with Crippen molar-refractivity contribution in [3.05, 3.63) is 47.3 Å². The topological polar surface area (TPSA) is 90.0 Å². The lowest BCUT2D eigenvalue weighted by molar-refractivity contribution is 0.569. The van der Waals surface area contributed by atoms with E-state index in [1.165, 1.54) is 6.07 Å². The minimum Gasteiger partial charge on any atom is -0.336 e. The molecule has 0 spiro atoms. The van der Waals surface area contributed by atoms with Crippen LogP contribution in [0.3, 0.4) is 0 Å². The zero-order chi connectivity index (χ0) is 15.5. The van der Waals surface area contributed by atoms with Crippen LogP contribution < -0.4 is 10.5 Å². The van der Waals surface area contributed by atoms with Crippen molar-refractivity contribution in [2.24, 2.45) is 5.73 Å². The molecule has 0 aliphatic heterocycles. The number of nitrogens with zero attached hydrogens (tertiary/aromatic N) is 2. The summed E-state index contributed by atoms with van der Waals surface area (Å²) in [6.45, 7) is 0.522. The SMILES string of the molecule is NCc1cc(S(=O)(=O)NCCn2ccnc2)cc(F)c1Cl. The van der Waals surface area contributed by atoms with Gasteiger partial charge < -0.3 is 10.3 Å². The third kappa shape index (κ3) is 3.79. The zero-order valence-electron chi connectivity index (χ0n) is 11.0. The predicted octanol–water partition coefficient (Wildman–Crippen LogP) is 1.11. The molecule has 0 bridgehead atoms. The number of imidazole rings is 1. The van der Waals surface area contributed by atoms with Crippen molar-refractivity contribution in [3.63, 3.8) is 0 Å². The van der Waals surface area contributed by atoms with Gasteiger partial charge in [-0.3, -0.25) is 0 Å². The fraction of sp³-hybridized carbons (Fsp3) is 0.250. The molecule has 1 aromatic carbocycles. The maximum atomic E-state index is 13.6. The molecule has 2 rings (SSSR count). The molecule has 1 heterocycles. The predicted molar refractivity (Wildman–Crippen MR) is 76.7 cm³/mol. The Balaban J connectivity index is 2.13. The molecule has 0 fully saturated rings. The number of rotatable bonds is 6. The van der Waals surface area contributed by atoms with Gasteiger partial charge in [0.15, 0.2) is 0 Å². The second-order valence-corrected chi connectivity index (χ2v) is 6.43. The maximum Gasteiger partial charge on any atom is 0.240 e. The summed E-state index contributed by atoms with van der Waals surface area (Å²) in [6, 6.07) is 2.14. The lowest BCUT2D eigenvalue weighted by Crippen LogP contribution is -2.27. The van der Waals surface area contributed by atoms with Crippen LogP contribution in [0.15, 0.2) is 35.7 Å². The van der Waals surface area contributed by atoms with Crippen LogP contribution in [0.1, 0.15) is 5.56 Å². The molecule has 6 nitrogen and oxygen atoms in total. The molecule has 0 radical (unpaired) electrons. The Kier molecular flexibility index (Phi) is 4.94. The molecule has 0 saturated carbocycles. The Morgan fingerprint density at radius 3 is 2.81 bits per heavy atom. The number of nitrogens with two attached hydrogens (primary N) is 1. The number of hydrogen-bond acceptors (Lipinski definition) is 4. The average molecular weight is 333 g/mol. The van der Waals surface area contributed by atoms with Gasteiger partial charge in [-0.05, 0) is 17.7 Å². The van der Waals surface area contributed by atoms with Crippen LogP contribution in [-0.4, -0.2) is 24.5 Å². The van der Waals surface area contributed by atoms with Crippen LogP contribution >= 0.6 is 11.6 Å². The van der Waals surface area contributed by atoms with E-state index in [9.17, 15) is 12.8 Å². The third-order valence-corrected chi connectivity index (χ3v) is 4.69. The third-order valence-electron chi connectivity index (χ3n) is 2.83. The molecule has 0 aliphatic carbocycles. The van der Waals surface area contributed by atoms with E-state index in [1.54, 1.807) is 23.3 Å². The van der Waals surface area contributed by atoms with Gasteiger partial charge in [0.25, 0.3) is 0 Å². The van der Waals surface area contributed by atoms with Gasteiger partial charge in [0.05, 0.1) is 16.2 Å². The van der Waals surface area contributed by atoms with Crippen LogP contribution in [0.5, 0.6) is 0 Å². The average Bonchev–Trinajstić information content (AvgIpc) is 2.94. The van der Waals surface area contributed by atoms with Crippen molar-refractivity contribution < 1.29 is 12.8 Å². The molecule has 114 valence electrons. The van der Waals surface area contributed by atoms with E-state index in [-0.39, 0.29) is 28.6 Å². The molecule has 21 heavy (non-hydrogen) atoms. The van der Waals surface area contributed by atoms with E-state index in [1.807, 2.05) is 0 Å². The monoisotopic (exact) mass is 332 g/mol.